The molecular weight excluding hydrogens is 375 g/mol. The van der Waals surface area contributed by atoms with E-state index >= 15 is 0 Å². The zero-order valence-electron chi connectivity index (χ0n) is 11.2. The van der Waals surface area contributed by atoms with Crippen LogP contribution < -0.4 is 5.32 Å². The van der Waals surface area contributed by atoms with E-state index in [1.54, 1.807) is 30.1 Å². The number of halogens is 3. The fourth-order valence-corrected chi connectivity index (χ4v) is 2.45. The van der Waals surface area contributed by atoms with Crippen LogP contribution in [0.5, 0.6) is 0 Å². The van der Waals surface area contributed by atoms with Crippen molar-refractivity contribution in [2.45, 2.75) is 6.54 Å². The highest BCUT2D eigenvalue weighted by atomic mass is 79.9. The average molecular weight is 388 g/mol. The number of rotatable bonds is 3. The summed E-state index contributed by atoms with van der Waals surface area (Å²) < 4.78 is 0.971. The third kappa shape index (κ3) is 4.37. The molecule has 0 spiro atoms. The van der Waals surface area contributed by atoms with Crippen molar-refractivity contribution in [1.82, 2.24) is 4.90 Å². The van der Waals surface area contributed by atoms with E-state index in [0.717, 1.165) is 10.0 Å². The summed E-state index contributed by atoms with van der Waals surface area (Å²) in [5, 5.41) is 3.64. The molecule has 21 heavy (non-hydrogen) atoms. The second kappa shape index (κ2) is 7.16. The molecule has 0 aromatic heterocycles. The van der Waals surface area contributed by atoms with Gasteiger partial charge in [-0.25, -0.2) is 4.79 Å². The van der Waals surface area contributed by atoms with Gasteiger partial charge in [-0.1, -0.05) is 57.3 Å². The Balaban J connectivity index is 2.02. The lowest BCUT2D eigenvalue weighted by molar-refractivity contribution is 0.220. The molecule has 0 aliphatic carbocycles. The summed E-state index contributed by atoms with van der Waals surface area (Å²) >= 11 is 15.2. The Bertz CT molecular complexity index is 664. The molecule has 6 heteroatoms. The van der Waals surface area contributed by atoms with Gasteiger partial charge in [0.05, 0.1) is 10.0 Å². The molecule has 0 heterocycles. The highest BCUT2D eigenvalue weighted by molar-refractivity contribution is 9.10. The molecule has 2 amide bonds. The van der Waals surface area contributed by atoms with Gasteiger partial charge in [-0.15, -0.1) is 0 Å². The maximum absolute atomic E-state index is 12.1. The first kappa shape index (κ1) is 16.1. The highest BCUT2D eigenvalue weighted by Gasteiger charge is 2.11. The summed E-state index contributed by atoms with van der Waals surface area (Å²) in [6.45, 7) is 0.495. The number of nitrogens with one attached hydrogen (secondary N) is 1. The van der Waals surface area contributed by atoms with E-state index in [0.29, 0.717) is 22.3 Å². The Kier molecular flexibility index (Phi) is 5.51. The predicted octanol–water partition coefficient (Wildman–Crippen LogP) is 5.42. The van der Waals surface area contributed by atoms with Crippen molar-refractivity contribution in [1.29, 1.82) is 0 Å². The molecule has 1 N–H and O–H groups in total. The molecule has 0 saturated carbocycles. The Morgan fingerprint density at radius 3 is 2.57 bits per heavy atom. The van der Waals surface area contributed by atoms with Crippen molar-refractivity contribution in [2.75, 3.05) is 12.4 Å². The summed E-state index contributed by atoms with van der Waals surface area (Å²) in [7, 11) is 1.73. The predicted molar refractivity (Wildman–Crippen MR) is 91.1 cm³/mol. The highest BCUT2D eigenvalue weighted by Crippen LogP contribution is 2.25. The van der Waals surface area contributed by atoms with Crippen LogP contribution in [0.15, 0.2) is 46.9 Å². The fraction of sp³-hybridized carbons (Fsp3) is 0.133. The molecule has 3 nitrogen and oxygen atoms in total. The van der Waals surface area contributed by atoms with E-state index in [4.69, 9.17) is 23.2 Å². The molecule has 0 unspecified atom stereocenters. The van der Waals surface area contributed by atoms with Crippen molar-refractivity contribution in [2.24, 2.45) is 0 Å². The number of nitrogens with zero attached hydrogens (tertiary/aromatic N) is 1. The second-order valence-corrected chi connectivity index (χ2v) is 6.18. The van der Waals surface area contributed by atoms with E-state index in [2.05, 4.69) is 21.2 Å². The van der Waals surface area contributed by atoms with Crippen LogP contribution in [0.4, 0.5) is 10.5 Å². The van der Waals surface area contributed by atoms with E-state index in [-0.39, 0.29) is 6.03 Å². The zero-order valence-corrected chi connectivity index (χ0v) is 14.3. The quantitative estimate of drug-likeness (QED) is 0.749. The first-order valence-electron chi connectivity index (χ1n) is 6.18. The van der Waals surface area contributed by atoms with Crippen molar-refractivity contribution in [3.05, 3.63) is 62.5 Å². The van der Waals surface area contributed by atoms with Crippen LogP contribution in [-0.4, -0.2) is 18.0 Å². The molecule has 2 aromatic carbocycles. The van der Waals surface area contributed by atoms with Crippen LogP contribution in [0.1, 0.15) is 5.56 Å². The van der Waals surface area contributed by atoms with Crippen LogP contribution in [0.3, 0.4) is 0 Å². The van der Waals surface area contributed by atoms with Gasteiger partial charge < -0.3 is 10.2 Å². The smallest absolute Gasteiger partial charge is 0.321 e. The molecule has 110 valence electrons. The van der Waals surface area contributed by atoms with Gasteiger partial charge in [-0.3, -0.25) is 0 Å². The summed E-state index contributed by atoms with van der Waals surface area (Å²) in [4.78, 5) is 13.7. The second-order valence-electron chi connectivity index (χ2n) is 4.51. The number of benzene rings is 2. The molecule has 2 rings (SSSR count). The maximum atomic E-state index is 12.1. The minimum Gasteiger partial charge on any atom is -0.323 e. The van der Waals surface area contributed by atoms with Crippen LogP contribution >= 0.6 is 39.1 Å². The Morgan fingerprint density at radius 1 is 1.19 bits per heavy atom. The molecule has 2 aromatic rings. The van der Waals surface area contributed by atoms with Crippen LogP contribution in [-0.2, 0) is 6.54 Å². The SMILES string of the molecule is CN(Cc1ccccc1Br)C(=O)Nc1ccc(Cl)c(Cl)c1. The van der Waals surface area contributed by atoms with Gasteiger partial charge in [0.2, 0.25) is 0 Å². The molecule has 0 aliphatic heterocycles. The number of hydrogen-bond acceptors (Lipinski definition) is 1. The molecule has 0 aliphatic rings. The van der Waals surface area contributed by atoms with Crippen molar-refractivity contribution >= 4 is 50.9 Å². The maximum Gasteiger partial charge on any atom is 0.321 e. The molecule has 0 bridgehead atoms. The standard InChI is InChI=1S/C15H13BrCl2N2O/c1-20(9-10-4-2-3-5-12(10)16)15(21)19-11-6-7-13(17)14(18)8-11/h2-8H,9H2,1H3,(H,19,21). The van der Waals surface area contributed by atoms with Crippen LogP contribution in [0.2, 0.25) is 10.0 Å². The van der Waals surface area contributed by atoms with Gasteiger partial charge in [-0.05, 0) is 29.8 Å². The number of amides is 2. The Hall–Kier alpha value is -1.23. The Morgan fingerprint density at radius 2 is 1.90 bits per heavy atom. The van der Waals surface area contributed by atoms with Gasteiger partial charge in [-0.2, -0.15) is 0 Å². The summed E-state index contributed by atoms with van der Waals surface area (Å²) in [6.07, 6.45) is 0. The van der Waals surface area contributed by atoms with Gasteiger partial charge in [0.25, 0.3) is 0 Å². The fourth-order valence-electron chi connectivity index (χ4n) is 1.75. The van der Waals surface area contributed by atoms with Gasteiger partial charge in [0, 0.05) is 23.8 Å². The molecule has 0 saturated heterocycles. The minimum absolute atomic E-state index is 0.218. The molecule has 0 atom stereocenters. The Labute approximate surface area is 142 Å². The first-order chi connectivity index (χ1) is 9.97. The molecular formula is C15H13BrCl2N2O. The first-order valence-corrected chi connectivity index (χ1v) is 7.73. The summed E-state index contributed by atoms with van der Waals surface area (Å²) in [6, 6.07) is 12.5. The minimum atomic E-state index is -0.218. The van der Waals surface area contributed by atoms with Crippen LogP contribution in [0, 0.1) is 0 Å². The summed E-state index contributed by atoms with van der Waals surface area (Å²) in [5.74, 6) is 0. The largest absolute Gasteiger partial charge is 0.323 e. The van der Waals surface area contributed by atoms with Gasteiger partial charge in [0.15, 0.2) is 0 Å². The number of hydrogen-bond donors (Lipinski definition) is 1. The van der Waals surface area contributed by atoms with Crippen molar-refractivity contribution in [3.63, 3.8) is 0 Å². The topological polar surface area (TPSA) is 32.3 Å². The monoisotopic (exact) mass is 386 g/mol. The van der Waals surface area contributed by atoms with Crippen molar-refractivity contribution < 1.29 is 4.79 Å². The lowest BCUT2D eigenvalue weighted by Gasteiger charge is -2.19. The zero-order chi connectivity index (χ0) is 15.4. The summed E-state index contributed by atoms with van der Waals surface area (Å²) in [5.41, 5.74) is 1.64. The van der Waals surface area contributed by atoms with Gasteiger partial charge in [0.1, 0.15) is 0 Å². The lowest BCUT2D eigenvalue weighted by Crippen LogP contribution is -2.30. The van der Waals surface area contributed by atoms with E-state index < -0.39 is 0 Å². The van der Waals surface area contributed by atoms with Gasteiger partial charge >= 0.3 is 6.03 Å². The number of carbonyl (C=O) groups excluding carboxylic acids is 1. The van der Waals surface area contributed by atoms with E-state index in [9.17, 15) is 4.79 Å². The van der Waals surface area contributed by atoms with Crippen LogP contribution in [0.25, 0.3) is 0 Å². The van der Waals surface area contributed by atoms with E-state index in [1.165, 1.54) is 0 Å². The third-order valence-corrected chi connectivity index (χ3v) is 4.40. The van der Waals surface area contributed by atoms with Crippen molar-refractivity contribution in [3.8, 4) is 0 Å². The molecule has 0 radical (unpaired) electrons. The lowest BCUT2D eigenvalue weighted by atomic mass is 10.2. The number of anilines is 1. The van der Waals surface area contributed by atoms with E-state index in [1.807, 2.05) is 24.3 Å². The average Bonchev–Trinajstić information content (AvgIpc) is 2.45. The normalized spacial score (nSPS) is 10.3. The number of carbonyl (C=O) groups is 1. The third-order valence-electron chi connectivity index (χ3n) is 2.88. The number of urea groups is 1. The molecule has 0 fully saturated rings.